The zero-order valence-electron chi connectivity index (χ0n) is 15.2. The molecule has 1 saturated heterocycles. The molecule has 2 aliphatic heterocycles. The Balaban J connectivity index is 1.33. The van der Waals surface area contributed by atoms with Gasteiger partial charge in [0, 0.05) is 22.5 Å². The zero-order valence-corrected chi connectivity index (χ0v) is 16.0. The van der Waals surface area contributed by atoms with Gasteiger partial charge in [-0.3, -0.25) is 4.79 Å². The summed E-state index contributed by atoms with van der Waals surface area (Å²) in [5.41, 5.74) is 1.87. The molecule has 2 heterocycles. The highest BCUT2D eigenvalue weighted by Gasteiger charge is 2.29. The number of carbonyl (C=O) groups is 1. The molecule has 0 radical (unpaired) electrons. The number of hydrogen-bond acceptors (Lipinski definition) is 4. The number of amides is 1. The summed E-state index contributed by atoms with van der Waals surface area (Å²) in [6, 6.07) is 13.3. The van der Waals surface area contributed by atoms with Crippen molar-refractivity contribution in [3.63, 3.8) is 0 Å². The van der Waals surface area contributed by atoms with Crippen LogP contribution < -0.4 is 24.6 Å². The second-order valence-corrected chi connectivity index (χ2v) is 7.34. The average molecular weight is 389 g/mol. The molecule has 6 nitrogen and oxygen atoms in total. The van der Waals surface area contributed by atoms with Crippen molar-refractivity contribution in [1.82, 2.24) is 0 Å². The molecule has 2 aromatic rings. The van der Waals surface area contributed by atoms with Crippen molar-refractivity contribution >= 4 is 28.9 Å². The molecular weight excluding hydrogens is 366 g/mol. The lowest BCUT2D eigenvalue weighted by Gasteiger charge is -2.36. The minimum atomic E-state index is -0.128. The van der Waals surface area contributed by atoms with Gasteiger partial charge in [0.1, 0.15) is 0 Å². The molecule has 0 unspecified atom stereocenters. The molecule has 2 aromatic carbocycles. The van der Waals surface area contributed by atoms with Crippen LogP contribution in [0.25, 0.3) is 0 Å². The normalized spacial score (nSPS) is 17.6. The summed E-state index contributed by atoms with van der Waals surface area (Å²) in [6.07, 6.45) is 0. The van der Waals surface area contributed by atoms with Gasteiger partial charge >= 0.3 is 0 Å². The SMILES string of the molecule is C[C@H](C(=O)Nc1ccc2c(c1)OCO2)[NH+]1CCN(c2cccc(Cl)c2)CC1. The fourth-order valence-electron chi connectivity index (χ4n) is 3.57. The lowest BCUT2D eigenvalue weighted by Crippen LogP contribution is -3.19. The molecule has 0 bridgehead atoms. The first-order valence-electron chi connectivity index (χ1n) is 9.16. The van der Waals surface area contributed by atoms with Gasteiger partial charge in [-0.2, -0.15) is 0 Å². The molecule has 0 saturated carbocycles. The van der Waals surface area contributed by atoms with E-state index >= 15 is 0 Å². The van der Waals surface area contributed by atoms with E-state index in [1.54, 1.807) is 6.07 Å². The third kappa shape index (κ3) is 3.96. The number of ether oxygens (including phenoxy) is 2. The smallest absolute Gasteiger partial charge is 0.282 e. The first-order valence-corrected chi connectivity index (χ1v) is 9.53. The van der Waals surface area contributed by atoms with Gasteiger partial charge in [-0.05, 0) is 37.3 Å². The van der Waals surface area contributed by atoms with Crippen molar-refractivity contribution in [2.45, 2.75) is 13.0 Å². The van der Waals surface area contributed by atoms with Crippen molar-refractivity contribution in [3.8, 4) is 11.5 Å². The summed E-state index contributed by atoms with van der Waals surface area (Å²) in [5, 5.41) is 3.74. The Morgan fingerprint density at radius 3 is 2.70 bits per heavy atom. The number of nitrogens with zero attached hydrogens (tertiary/aromatic N) is 1. The van der Waals surface area contributed by atoms with Crippen molar-refractivity contribution in [3.05, 3.63) is 47.5 Å². The molecule has 1 atom stereocenters. The van der Waals surface area contributed by atoms with Crippen LogP contribution in [0.15, 0.2) is 42.5 Å². The lowest BCUT2D eigenvalue weighted by atomic mass is 10.2. The second kappa shape index (κ2) is 7.66. The van der Waals surface area contributed by atoms with Gasteiger partial charge in [0.15, 0.2) is 17.5 Å². The maximum absolute atomic E-state index is 12.7. The third-order valence-corrected chi connectivity index (χ3v) is 5.46. The average Bonchev–Trinajstić information content (AvgIpc) is 3.15. The molecule has 0 aliphatic carbocycles. The maximum atomic E-state index is 12.7. The highest BCUT2D eigenvalue weighted by molar-refractivity contribution is 6.30. The predicted octanol–water partition coefficient (Wildman–Crippen LogP) is 1.80. The van der Waals surface area contributed by atoms with Crippen LogP contribution in [0.4, 0.5) is 11.4 Å². The Morgan fingerprint density at radius 2 is 1.93 bits per heavy atom. The number of rotatable bonds is 4. The standard InChI is InChI=1S/C20H22ClN3O3/c1-14(20(25)22-16-5-6-18-19(12-16)27-13-26-18)23-7-9-24(10-8-23)17-4-2-3-15(21)11-17/h2-6,11-12,14H,7-10,13H2,1H3,(H,22,25)/p+1/t14-/m1/s1. The second-order valence-electron chi connectivity index (χ2n) is 6.90. The summed E-state index contributed by atoms with van der Waals surface area (Å²) in [5.74, 6) is 1.40. The molecule has 1 fully saturated rings. The summed E-state index contributed by atoms with van der Waals surface area (Å²) < 4.78 is 10.7. The Labute approximate surface area is 163 Å². The van der Waals surface area contributed by atoms with Gasteiger partial charge in [0.05, 0.1) is 26.2 Å². The number of nitrogens with one attached hydrogen (secondary N) is 2. The first-order chi connectivity index (χ1) is 13.1. The number of piperazine rings is 1. The van der Waals surface area contributed by atoms with E-state index in [0.29, 0.717) is 11.5 Å². The Bertz CT molecular complexity index is 837. The highest BCUT2D eigenvalue weighted by Crippen LogP contribution is 2.34. The summed E-state index contributed by atoms with van der Waals surface area (Å²) in [6.45, 7) is 5.82. The van der Waals surface area contributed by atoms with Crippen LogP contribution in [0.3, 0.4) is 0 Å². The molecule has 27 heavy (non-hydrogen) atoms. The van der Waals surface area contributed by atoms with E-state index in [9.17, 15) is 4.79 Å². The molecule has 142 valence electrons. The van der Waals surface area contributed by atoms with E-state index in [1.165, 1.54) is 4.90 Å². The minimum Gasteiger partial charge on any atom is -0.454 e. The topological polar surface area (TPSA) is 55.2 Å². The van der Waals surface area contributed by atoms with E-state index in [4.69, 9.17) is 21.1 Å². The van der Waals surface area contributed by atoms with Crippen LogP contribution in [-0.4, -0.2) is 44.9 Å². The highest BCUT2D eigenvalue weighted by atomic mass is 35.5. The third-order valence-electron chi connectivity index (χ3n) is 5.22. The van der Waals surface area contributed by atoms with E-state index in [-0.39, 0.29) is 18.7 Å². The van der Waals surface area contributed by atoms with E-state index in [2.05, 4.69) is 16.3 Å². The van der Waals surface area contributed by atoms with Gasteiger partial charge in [0.2, 0.25) is 6.79 Å². The minimum absolute atomic E-state index is 0.0140. The van der Waals surface area contributed by atoms with Crippen LogP contribution >= 0.6 is 11.6 Å². The first kappa shape index (κ1) is 17.9. The number of halogens is 1. The molecule has 4 rings (SSSR count). The molecule has 0 aromatic heterocycles. The van der Waals surface area contributed by atoms with Crippen LogP contribution in [0.5, 0.6) is 11.5 Å². The van der Waals surface area contributed by atoms with Gasteiger partial charge in [-0.1, -0.05) is 17.7 Å². The monoisotopic (exact) mass is 388 g/mol. The predicted molar refractivity (Wildman–Crippen MR) is 105 cm³/mol. The molecule has 7 heteroatoms. The van der Waals surface area contributed by atoms with Gasteiger partial charge in [0.25, 0.3) is 5.91 Å². The fourth-order valence-corrected chi connectivity index (χ4v) is 3.75. The van der Waals surface area contributed by atoms with Gasteiger partial charge in [-0.15, -0.1) is 0 Å². The molecular formula is C20H23ClN3O3+. The number of fused-ring (bicyclic) bond motifs is 1. The summed E-state index contributed by atoms with van der Waals surface area (Å²) >= 11 is 6.10. The van der Waals surface area contributed by atoms with Crippen molar-refractivity contribution < 1.29 is 19.2 Å². The number of carbonyl (C=O) groups excluding carboxylic acids is 1. The summed E-state index contributed by atoms with van der Waals surface area (Å²) in [7, 11) is 0. The largest absolute Gasteiger partial charge is 0.454 e. The van der Waals surface area contributed by atoms with Crippen LogP contribution in [-0.2, 0) is 4.79 Å². The van der Waals surface area contributed by atoms with Crippen LogP contribution in [0, 0.1) is 0 Å². The number of benzene rings is 2. The van der Waals surface area contributed by atoms with Gasteiger partial charge in [-0.25, -0.2) is 0 Å². The number of quaternary nitrogens is 1. The number of anilines is 2. The summed E-state index contributed by atoms with van der Waals surface area (Å²) in [4.78, 5) is 16.3. The van der Waals surface area contributed by atoms with E-state index in [1.807, 2.05) is 37.3 Å². The maximum Gasteiger partial charge on any atom is 0.282 e. The van der Waals surface area contributed by atoms with Crippen molar-refractivity contribution in [2.75, 3.05) is 43.2 Å². The Morgan fingerprint density at radius 1 is 1.15 bits per heavy atom. The van der Waals surface area contributed by atoms with Crippen molar-refractivity contribution in [1.29, 1.82) is 0 Å². The van der Waals surface area contributed by atoms with E-state index in [0.717, 1.165) is 42.6 Å². The van der Waals surface area contributed by atoms with Crippen LogP contribution in [0.2, 0.25) is 5.02 Å². The Kier molecular flexibility index (Phi) is 5.09. The van der Waals surface area contributed by atoms with E-state index < -0.39 is 0 Å². The van der Waals surface area contributed by atoms with Crippen molar-refractivity contribution in [2.24, 2.45) is 0 Å². The Hall–Kier alpha value is -2.44. The zero-order chi connectivity index (χ0) is 18.8. The lowest BCUT2D eigenvalue weighted by molar-refractivity contribution is -0.914. The number of hydrogen-bond donors (Lipinski definition) is 2. The molecule has 1 amide bonds. The molecule has 2 N–H and O–H groups in total. The van der Waals surface area contributed by atoms with Gasteiger partial charge < -0.3 is 24.6 Å². The fraction of sp³-hybridized carbons (Fsp3) is 0.350. The molecule has 2 aliphatic rings. The van der Waals surface area contributed by atoms with Crippen LogP contribution in [0.1, 0.15) is 6.92 Å². The quantitative estimate of drug-likeness (QED) is 0.838. The molecule has 0 spiro atoms.